The molecule has 0 aromatic heterocycles. The molecule has 25 heavy (non-hydrogen) atoms. The summed E-state index contributed by atoms with van der Waals surface area (Å²) >= 11 is 5.05. The highest BCUT2D eigenvalue weighted by Crippen LogP contribution is 2.10. The third-order valence-corrected chi connectivity index (χ3v) is 3.28. The van der Waals surface area contributed by atoms with E-state index < -0.39 is 5.97 Å². The standard InChI is InChI=1S/C17H23N3O4S/c1-4-11-24-15(22)10-9-14(21)19-17(25)18-13-7-5-12(6-8-13)16(23)20(2)3/h5-8H,4,9-11H2,1-3H3,(H2,18,19,21,25). The molecule has 0 atom stereocenters. The SMILES string of the molecule is CCCOC(=O)CCC(=O)NC(=S)Nc1ccc(C(=O)N(C)C)cc1. The van der Waals surface area contributed by atoms with Crippen LogP contribution in [-0.2, 0) is 14.3 Å². The van der Waals surface area contributed by atoms with Gasteiger partial charge in [-0.2, -0.15) is 0 Å². The molecule has 0 fully saturated rings. The minimum Gasteiger partial charge on any atom is -0.466 e. The van der Waals surface area contributed by atoms with Crippen molar-refractivity contribution in [2.24, 2.45) is 0 Å². The Hall–Kier alpha value is -2.48. The van der Waals surface area contributed by atoms with Gasteiger partial charge >= 0.3 is 5.97 Å². The first-order chi connectivity index (χ1) is 11.8. The van der Waals surface area contributed by atoms with Crippen molar-refractivity contribution in [3.8, 4) is 0 Å². The van der Waals surface area contributed by atoms with E-state index in [0.717, 1.165) is 6.42 Å². The first-order valence-corrected chi connectivity index (χ1v) is 8.32. The monoisotopic (exact) mass is 365 g/mol. The van der Waals surface area contributed by atoms with E-state index in [1.165, 1.54) is 4.90 Å². The van der Waals surface area contributed by atoms with Gasteiger partial charge in [0, 0.05) is 31.8 Å². The molecule has 1 aromatic carbocycles. The van der Waals surface area contributed by atoms with E-state index in [2.05, 4.69) is 10.6 Å². The number of carbonyl (C=O) groups excluding carboxylic acids is 3. The van der Waals surface area contributed by atoms with Crippen LogP contribution in [0.25, 0.3) is 0 Å². The minimum absolute atomic E-state index is 0.000637. The summed E-state index contributed by atoms with van der Waals surface area (Å²) in [6.07, 6.45) is 0.751. The third-order valence-electron chi connectivity index (χ3n) is 3.07. The predicted octanol–water partition coefficient (Wildman–Crippen LogP) is 1.93. The summed E-state index contributed by atoms with van der Waals surface area (Å²) in [5, 5.41) is 5.47. The van der Waals surface area contributed by atoms with E-state index in [4.69, 9.17) is 17.0 Å². The topological polar surface area (TPSA) is 87.7 Å². The van der Waals surface area contributed by atoms with Gasteiger partial charge in [-0.25, -0.2) is 0 Å². The second-order valence-corrected chi connectivity index (χ2v) is 5.91. The number of carbonyl (C=O) groups is 3. The molecule has 1 aromatic rings. The predicted molar refractivity (Wildman–Crippen MR) is 99.3 cm³/mol. The number of thiocarbonyl (C=S) groups is 1. The van der Waals surface area contributed by atoms with Gasteiger partial charge in [-0.15, -0.1) is 0 Å². The second-order valence-electron chi connectivity index (χ2n) is 5.50. The highest BCUT2D eigenvalue weighted by Gasteiger charge is 2.10. The lowest BCUT2D eigenvalue weighted by atomic mass is 10.2. The number of nitrogens with zero attached hydrogens (tertiary/aromatic N) is 1. The number of amides is 2. The maximum Gasteiger partial charge on any atom is 0.306 e. The highest BCUT2D eigenvalue weighted by atomic mass is 32.1. The molecule has 2 amide bonds. The Labute approximate surface area is 152 Å². The first kappa shape index (κ1) is 20.6. The van der Waals surface area contributed by atoms with Crippen LogP contribution < -0.4 is 10.6 Å². The van der Waals surface area contributed by atoms with E-state index >= 15 is 0 Å². The van der Waals surface area contributed by atoms with Gasteiger partial charge in [0.25, 0.3) is 5.91 Å². The number of nitrogens with one attached hydrogen (secondary N) is 2. The molecular formula is C17H23N3O4S. The molecule has 0 radical (unpaired) electrons. The average Bonchev–Trinajstić information content (AvgIpc) is 2.57. The molecule has 8 heteroatoms. The van der Waals surface area contributed by atoms with Gasteiger partial charge in [-0.1, -0.05) is 6.92 Å². The molecule has 136 valence electrons. The van der Waals surface area contributed by atoms with Crippen LogP contribution in [0.2, 0.25) is 0 Å². The summed E-state index contributed by atoms with van der Waals surface area (Å²) < 4.78 is 4.89. The Balaban J connectivity index is 2.42. The molecule has 0 saturated carbocycles. The van der Waals surface area contributed by atoms with Gasteiger partial charge in [0.15, 0.2) is 5.11 Å². The van der Waals surface area contributed by atoms with Crippen molar-refractivity contribution >= 4 is 40.8 Å². The van der Waals surface area contributed by atoms with Crippen LogP contribution in [-0.4, -0.2) is 48.5 Å². The van der Waals surface area contributed by atoms with Crippen LogP contribution in [0, 0.1) is 0 Å². The number of hydrogen-bond donors (Lipinski definition) is 2. The summed E-state index contributed by atoms with van der Waals surface area (Å²) in [7, 11) is 3.36. The molecule has 2 N–H and O–H groups in total. The van der Waals surface area contributed by atoms with Gasteiger partial charge in [-0.05, 0) is 42.9 Å². The molecule has 0 unspecified atom stereocenters. The number of benzene rings is 1. The largest absolute Gasteiger partial charge is 0.466 e. The number of esters is 1. The summed E-state index contributed by atoms with van der Waals surface area (Å²) in [5.74, 6) is -0.875. The fourth-order valence-corrected chi connectivity index (χ4v) is 2.04. The molecule has 0 saturated heterocycles. The molecule has 0 aliphatic heterocycles. The number of rotatable bonds is 7. The molecule has 0 aliphatic rings. The third kappa shape index (κ3) is 7.75. The van der Waals surface area contributed by atoms with E-state index in [-0.39, 0.29) is 29.8 Å². The molecule has 0 spiro atoms. The van der Waals surface area contributed by atoms with Crippen molar-refractivity contribution in [3.05, 3.63) is 29.8 Å². The Morgan fingerprint density at radius 1 is 1.12 bits per heavy atom. The number of hydrogen-bond acceptors (Lipinski definition) is 5. The van der Waals surface area contributed by atoms with E-state index in [0.29, 0.717) is 17.9 Å². The fraction of sp³-hybridized carbons (Fsp3) is 0.412. The van der Waals surface area contributed by atoms with Crippen molar-refractivity contribution in [1.29, 1.82) is 0 Å². The van der Waals surface area contributed by atoms with Crippen LogP contribution in [0.4, 0.5) is 5.69 Å². The average molecular weight is 365 g/mol. The van der Waals surface area contributed by atoms with Gasteiger partial charge in [-0.3, -0.25) is 14.4 Å². The van der Waals surface area contributed by atoms with Crippen LogP contribution in [0.15, 0.2) is 24.3 Å². The van der Waals surface area contributed by atoms with Crippen molar-refractivity contribution < 1.29 is 19.1 Å². The first-order valence-electron chi connectivity index (χ1n) is 7.91. The van der Waals surface area contributed by atoms with Crippen molar-refractivity contribution in [3.63, 3.8) is 0 Å². The normalized spacial score (nSPS) is 9.88. The highest BCUT2D eigenvalue weighted by molar-refractivity contribution is 7.80. The Morgan fingerprint density at radius 2 is 1.76 bits per heavy atom. The lowest BCUT2D eigenvalue weighted by Gasteiger charge is -2.12. The molecule has 0 bridgehead atoms. The summed E-state index contributed by atoms with van der Waals surface area (Å²) in [6.45, 7) is 2.25. The molecule has 0 aliphatic carbocycles. The zero-order valence-electron chi connectivity index (χ0n) is 14.6. The summed E-state index contributed by atoms with van der Waals surface area (Å²) in [4.78, 5) is 36.4. The minimum atomic E-state index is -0.406. The van der Waals surface area contributed by atoms with Crippen LogP contribution >= 0.6 is 12.2 Å². The Bertz CT molecular complexity index is 629. The van der Waals surface area contributed by atoms with E-state index in [9.17, 15) is 14.4 Å². The van der Waals surface area contributed by atoms with Crippen molar-refractivity contribution in [2.75, 3.05) is 26.0 Å². The summed E-state index contributed by atoms with van der Waals surface area (Å²) in [5.41, 5.74) is 1.19. The van der Waals surface area contributed by atoms with Gasteiger partial charge in [0.05, 0.1) is 13.0 Å². The molecule has 7 nitrogen and oxygen atoms in total. The quantitative estimate of drug-likeness (QED) is 0.567. The van der Waals surface area contributed by atoms with Crippen LogP contribution in [0.5, 0.6) is 0 Å². The molecule has 1 rings (SSSR count). The number of ether oxygens (including phenoxy) is 1. The van der Waals surface area contributed by atoms with E-state index in [1.54, 1.807) is 38.4 Å². The Kier molecular flexibility index (Phi) is 8.55. The fourth-order valence-electron chi connectivity index (χ4n) is 1.81. The maximum absolute atomic E-state index is 11.8. The van der Waals surface area contributed by atoms with Gasteiger partial charge in [0.2, 0.25) is 5.91 Å². The zero-order valence-corrected chi connectivity index (χ0v) is 15.4. The Morgan fingerprint density at radius 3 is 2.32 bits per heavy atom. The van der Waals surface area contributed by atoms with Crippen molar-refractivity contribution in [2.45, 2.75) is 26.2 Å². The number of anilines is 1. The van der Waals surface area contributed by atoms with Crippen LogP contribution in [0.3, 0.4) is 0 Å². The second kappa shape index (κ2) is 10.4. The van der Waals surface area contributed by atoms with E-state index in [1.807, 2.05) is 6.92 Å². The van der Waals surface area contributed by atoms with Crippen molar-refractivity contribution in [1.82, 2.24) is 10.2 Å². The molecule has 0 heterocycles. The van der Waals surface area contributed by atoms with Gasteiger partial charge < -0.3 is 20.3 Å². The summed E-state index contributed by atoms with van der Waals surface area (Å²) in [6, 6.07) is 6.71. The zero-order chi connectivity index (χ0) is 18.8. The smallest absolute Gasteiger partial charge is 0.306 e. The van der Waals surface area contributed by atoms with Crippen LogP contribution in [0.1, 0.15) is 36.5 Å². The lowest BCUT2D eigenvalue weighted by molar-refractivity contribution is -0.144. The molecular weight excluding hydrogens is 342 g/mol. The van der Waals surface area contributed by atoms with Gasteiger partial charge in [0.1, 0.15) is 0 Å². The lowest BCUT2D eigenvalue weighted by Crippen LogP contribution is -2.34. The maximum atomic E-state index is 11.8.